The quantitative estimate of drug-likeness (QED) is 0.764. The second-order valence-electron chi connectivity index (χ2n) is 3.82. The first-order valence-electron chi connectivity index (χ1n) is 5.55. The van der Waals surface area contributed by atoms with Crippen LogP contribution < -0.4 is 4.90 Å². The maximum absolute atomic E-state index is 11.8. The maximum Gasteiger partial charge on any atom is 0.252 e. The van der Waals surface area contributed by atoms with Gasteiger partial charge in [-0.2, -0.15) is 0 Å². The largest absolute Gasteiger partial charge is 0.375 e. The van der Waals surface area contributed by atoms with Crippen LogP contribution in [-0.2, 0) is 9.53 Å². The SMILES string of the molecule is CCCN(C(=O)COC)c1cccc(C)c1. The fourth-order valence-electron chi connectivity index (χ4n) is 1.62. The molecule has 0 unspecified atom stereocenters. The monoisotopic (exact) mass is 221 g/mol. The third-order valence-corrected chi connectivity index (χ3v) is 2.33. The van der Waals surface area contributed by atoms with Crippen molar-refractivity contribution in [1.82, 2.24) is 0 Å². The highest BCUT2D eigenvalue weighted by Gasteiger charge is 2.14. The van der Waals surface area contributed by atoms with Crippen molar-refractivity contribution in [3.05, 3.63) is 29.8 Å². The average Bonchev–Trinajstić information content (AvgIpc) is 2.26. The van der Waals surface area contributed by atoms with Crippen LogP contribution in [0.4, 0.5) is 5.69 Å². The Balaban J connectivity index is 2.88. The van der Waals surface area contributed by atoms with Crippen molar-refractivity contribution < 1.29 is 9.53 Å². The first kappa shape index (κ1) is 12.7. The van der Waals surface area contributed by atoms with Crippen LogP contribution in [0.5, 0.6) is 0 Å². The van der Waals surface area contributed by atoms with Crippen molar-refractivity contribution in [3.63, 3.8) is 0 Å². The van der Waals surface area contributed by atoms with Crippen LogP contribution in [-0.4, -0.2) is 26.2 Å². The van der Waals surface area contributed by atoms with Gasteiger partial charge in [0.2, 0.25) is 0 Å². The summed E-state index contributed by atoms with van der Waals surface area (Å²) in [6, 6.07) is 7.96. The summed E-state index contributed by atoms with van der Waals surface area (Å²) in [6.07, 6.45) is 0.934. The molecule has 3 heteroatoms. The summed E-state index contributed by atoms with van der Waals surface area (Å²) in [5, 5.41) is 0. The van der Waals surface area contributed by atoms with Crippen molar-refractivity contribution in [2.45, 2.75) is 20.3 Å². The fraction of sp³-hybridized carbons (Fsp3) is 0.462. The van der Waals surface area contributed by atoms with E-state index < -0.39 is 0 Å². The number of methoxy groups -OCH3 is 1. The minimum atomic E-state index is 0.00921. The van der Waals surface area contributed by atoms with Gasteiger partial charge in [0.25, 0.3) is 5.91 Å². The molecule has 0 bridgehead atoms. The van der Waals surface area contributed by atoms with E-state index in [1.165, 1.54) is 7.11 Å². The van der Waals surface area contributed by atoms with Gasteiger partial charge >= 0.3 is 0 Å². The molecule has 0 saturated heterocycles. The summed E-state index contributed by atoms with van der Waals surface area (Å²) in [5.74, 6) is 0.00921. The molecule has 3 nitrogen and oxygen atoms in total. The lowest BCUT2D eigenvalue weighted by Gasteiger charge is -2.22. The molecule has 1 rings (SSSR count). The lowest BCUT2D eigenvalue weighted by atomic mass is 10.2. The smallest absolute Gasteiger partial charge is 0.252 e. The molecule has 1 aromatic carbocycles. The van der Waals surface area contributed by atoms with E-state index in [0.717, 1.165) is 24.2 Å². The van der Waals surface area contributed by atoms with E-state index in [4.69, 9.17) is 4.74 Å². The Morgan fingerprint density at radius 2 is 2.19 bits per heavy atom. The second kappa shape index (κ2) is 6.28. The molecule has 0 atom stereocenters. The summed E-state index contributed by atoms with van der Waals surface area (Å²) in [7, 11) is 1.54. The molecule has 0 heterocycles. The number of amides is 1. The Hall–Kier alpha value is -1.35. The molecular formula is C13H19NO2. The topological polar surface area (TPSA) is 29.5 Å². The number of hydrogen-bond donors (Lipinski definition) is 0. The Kier molecular flexibility index (Phi) is 4.99. The summed E-state index contributed by atoms with van der Waals surface area (Å²) in [4.78, 5) is 13.6. The van der Waals surface area contributed by atoms with Crippen molar-refractivity contribution in [2.75, 3.05) is 25.2 Å². The van der Waals surface area contributed by atoms with Crippen LogP contribution in [0.1, 0.15) is 18.9 Å². The predicted molar refractivity (Wildman–Crippen MR) is 65.7 cm³/mol. The van der Waals surface area contributed by atoms with Crippen LogP contribution >= 0.6 is 0 Å². The van der Waals surface area contributed by atoms with E-state index in [0.29, 0.717) is 0 Å². The molecular weight excluding hydrogens is 202 g/mol. The highest BCUT2D eigenvalue weighted by Crippen LogP contribution is 2.16. The molecule has 0 N–H and O–H groups in total. The average molecular weight is 221 g/mol. The van der Waals surface area contributed by atoms with Gasteiger partial charge in [0.05, 0.1) is 0 Å². The lowest BCUT2D eigenvalue weighted by molar-refractivity contribution is -0.122. The molecule has 0 aliphatic rings. The van der Waals surface area contributed by atoms with Gasteiger partial charge < -0.3 is 9.64 Å². The fourth-order valence-corrected chi connectivity index (χ4v) is 1.62. The van der Waals surface area contributed by atoms with Gasteiger partial charge in [-0.25, -0.2) is 0 Å². The first-order valence-corrected chi connectivity index (χ1v) is 5.55. The number of carbonyl (C=O) groups is 1. The molecule has 0 saturated carbocycles. The molecule has 0 spiro atoms. The van der Waals surface area contributed by atoms with Crippen molar-refractivity contribution in [2.24, 2.45) is 0 Å². The van der Waals surface area contributed by atoms with E-state index in [1.807, 2.05) is 31.2 Å². The highest BCUT2D eigenvalue weighted by molar-refractivity contribution is 5.94. The zero-order chi connectivity index (χ0) is 12.0. The number of aryl methyl sites for hydroxylation is 1. The minimum absolute atomic E-state index is 0.00921. The van der Waals surface area contributed by atoms with E-state index in [2.05, 4.69) is 6.92 Å². The number of benzene rings is 1. The number of ether oxygens (including phenoxy) is 1. The third kappa shape index (κ3) is 3.35. The first-order chi connectivity index (χ1) is 7.69. The Morgan fingerprint density at radius 3 is 2.75 bits per heavy atom. The third-order valence-electron chi connectivity index (χ3n) is 2.33. The normalized spacial score (nSPS) is 10.2. The van der Waals surface area contributed by atoms with E-state index in [1.54, 1.807) is 4.90 Å². The molecule has 88 valence electrons. The molecule has 1 amide bonds. The minimum Gasteiger partial charge on any atom is -0.375 e. The van der Waals surface area contributed by atoms with Gasteiger partial charge in [-0.15, -0.1) is 0 Å². The Labute approximate surface area is 97.0 Å². The highest BCUT2D eigenvalue weighted by atomic mass is 16.5. The summed E-state index contributed by atoms with van der Waals surface area (Å²) >= 11 is 0. The second-order valence-corrected chi connectivity index (χ2v) is 3.82. The Morgan fingerprint density at radius 1 is 1.44 bits per heavy atom. The number of hydrogen-bond acceptors (Lipinski definition) is 2. The molecule has 0 aliphatic heterocycles. The van der Waals surface area contributed by atoms with Gasteiger partial charge in [0.15, 0.2) is 0 Å². The van der Waals surface area contributed by atoms with E-state index in [-0.39, 0.29) is 12.5 Å². The molecule has 0 aliphatic carbocycles. The van der Waals surface area contributed by atoms with E-state index in [9.17, 15) is 4.79 Å². The standard InChI is InChI=1S/C13H19NO2/c1-4-8-14(13(15)10-16-3)12-7-5-6-11(2)9-12/h5-7,9H,4,8,10H2,1-3H3. The van der Waals surface area contributed by atoms with Crippen LogP contribution in [0, 0.1) is 6.92 Å². The molecule has 16 heavy (non-hydrogen) atoms. The number of anilines is 1. The molecule has 1 aromatic rings. The van der Waals surface area contributed by atoms with Crippen LogP contribution in [0.15, 0.2) is 24.3 Å². The zero-order valence-corrected chi connectivity index (χ0v) is 10.2. The van der Waals surface area contributed by atoms with Crippen molar-refractivity contribution in [3.8, 4) is 0 Å². The summed E-state index contributed by atoms with van der Waals surface area (Å²) in [5.41, 5.74) is 2.10. The number of carbonyl (C=O) groups excluding carboxylic acids is 1. The van der Waals surface area contributed by atoms with Crippen molar-refractivity contribution in [1.29, 1.82) is 0 Å². The lowest BCUT2D eigenvalue weighted by Crippen LogP contribution is -2.34. The molecule has 0 fully saturated rings. The molecule has 0 aromatic heterocycles. The molecule has 0 radical (unpaired) electrons. The van der Waals surface area contributed by atoms with Crippen LogP contribution in [0.25, 0.3) is 0 Å². The van der Waals surface area contributed by atoms with Crippen LogP contribution in [0.2, 0.25) is 0 Å². The summed E-state index contributed by atoms with van der Waals surface area (Å²) < 4.78 is 4.89. The van der Waals surface area contributed by atoms with Gasteiger partial charge in [0, 0.05) is 19.3 Å². The number of nitrogens with zero attached hydrogens (tertiary/aromatic N) is 1. The van der Waals surface area contributed by atoms with Gasteiger partial charge in [-0.05, 0) is 31.0 Å². The van der Waals surface area contributed by atoms with Gasteiger partial charge in [-0.1, -0.05) is 19.1 Å². The number of rotatable bonds is 5. The van der Waals surface area contributed by atoms with Gasteiger partial charge in [0.1, 0.15) is 6.61 Å². The summed E-state index contributed by atoms with van der Waals surface area (Å²) in [6.45, 7) is 4.94. The Bertz CT molecular complexity index is 350. The van der Waals surface area contributed by atoms with Crippen LogP contribution in [0.3, 0.4) is 0 Å². The van der Waals surface area contributed by atoms with E-state index >= 15 is 0 Å². The van der Waals surface area contributed by atoms with Crippen molar-refractivity contribution >= 4 is 11.6 Å². The maximum atomic E-state index is 11.8. The predicted octanol–water partition coefficient (Wildman–Crippen LogP) is 2.38. The zero-order valence-electron chi connectivity index (χ0n) is 10.2. The van der Waals surface area contributed by atoms with Gasteiger partial charge in [-0.3, -0.25) is 4.79 Å².